The first-order valence-corrected chi connectivity index (χ1v) is 9.76. The van der Waals surface area contributed by atoms with Crippen molar-refractivity contribution in [3.63, 3.8) is 0 Å². The highest BCUT2D eigenvalue weighted by Gasteiger charge is 2.27. The summed E-state index contributed by atoms with van der Waals surface area (Å²) in [6, 6.07) is 8.49. The Morgan fingerprint density at radius 3 is 2.38 bits per heavy atom. The van der Waals surface area contributed by atoms with Gasteiger partial charge in [-0.05, 0) is 37.1 Å². The molecule has 8 heteroatoms. The summed E-state index contributed by atoms with van der Waals surface area (Å²) < 4.78 is 67.8. The van der Waals surface area contributed by atoms with E-state index in [9.17, 15) is 21.6 Å². The third-order valence-corrected chi connectivity index (χ3v) is 5.98. The topological polar surface area (TPSA) is 49.4 Å². The quantitative estimate of drug-likeness (QED) is 0.862. The van der Waals surface area contributed by atoms with Gasteiger partial charge in [0.1, 0.15) is 22.3 Å². The molecule has 1 aliphatic rings. The van der Waals surface area contributed by atoms with Gasteiger partial charge in [0.05, 0.1) is 0 Å². The van der Waals surface area contributed by atoms with E-state index in [0.29, 0.717) is 44.1 Å². The molecule has 0 amide bonds. The minimum absolute atomic E-state index is 0.267. The molecule has 3 rings (SSSR count). The van der Waals surface area contributed by atoms with Crippen molar-refractivity contribution in [3.8, 4) is 0 Å². The smallest absolute Gasteiger partial charge is 0.243 e. The first kappa shape index (κ1) is 18.9. The van der Waals surface area contributed by atoms with Crippen molar-refractivity contribution in [2.45, 2.75) is 30.3 Å². The van der Waals surface area contributed by atoms with Gasteiger partial charge < -0.3 is 0 Å². The fraction of sp³-hybridized carbons (Fsp3) is 0.333. The predicted molar refractivity (Wildman–Crippen MR) is 91.4 cm³/mol. The molecule has 0 bridgehead atoms. The zero-order valence-electron chi connectivity index (χ0n) is 14.0. The molecule has 0 aromatic heterocycles. The molecule has 2 aromatic rings. The zero-order chi connectivity index (χ0) is 18.7. The second-order valence-corrected chi connectivity index (χ2v) is 8.02. The largest absolute Gasteiger partial charge is 0.299 e. The van der Waals surface area contributed by atoms with Gasteiger partial charge in [0.25, 0.3) is 0 Å². The van der Waals surface area contributed by atoms with Crippen LogP contribution in [0, 0.1) is 17.5 Å². The molecule has 0 unspecified atom stereocenters. The molecule has 4 nitrogen and oxygen atoms in total. The molecule has 26 heavy (non-hydrogen) atoms. The Hall–Kier alpha value is -1.90. The van der Waals surface area contributed by atoms with E-state index < -0.39 is 26.6 Å². The lowest BCUT2D eigenvalue weighted by molar-refractivity contribution is 0.198. The molecule has 0 aliphatic carbocycles. The van der Waals surface area contributed by atoms with E-state index in [2.05, 4.69) is 4.72 Å². The highest BCUT2D eigenvalue weighted by molar-refractivity contribution is 7.89. The van der Waals surface area contributed by atoms with Crippen LogP contribution in [0.5, 0.6) is 0 Å². The fourth-order valence-electron chi connectivity index (χ4n) is 3.04. The molecule has 0 radical (unpaired) electrons. The molecular weight excluding hydrogens is 365 g/mol. The maximum absolute atomic E-state index is 13.7. The molecule has 1 aliphatic heterocycles. The predicted octanol–water partition coefficient (Wildman–Crippen LogP) is 3.05. The first-order chi connectivity index (χ1) is 12.3. The molecule has 1 fully saturated rings. The van der Waals surface area contributed by atoms with Gasteiger partial charge in [0.2, 0.25) is 10.0 Å². The van der Waals surface area contributed by atoms with Gasteiger partial charge in [-0.3, -0.25) is 4.90 Å². The Bertz CT molecular complexity index is 882. The number of halogens is 3. The van der Waals surface area contributed by atoms with Crippen molar-refractivity contribution in [2.75, 3.05) is 13.1 Å². The summed E-state index contributed by atoms with van der Waals surface area (Å²) in [5, 5.41) is 0. The van der Waals surface area contributed by atoms with E-state index in [1.54, 1.807) is 18.2 Å². The maximum atomic E-state index is 13.7. The van der Waals surface area contributed by atoms with E-state index in [1.165, 1.54) is 6.07 Å². The van der Waals surface area contributed by atoms with Crippen LogP contribution < -0.4 is 4.72 Å². The summed E-state index contributed by atoms with van der Waals surface area (Å²) in [6.07, 6.45) is 1.01. The summed E-state index contributed by atoms with van der Waals surface area (Å²) in [5.41, 5.74) is 0.591. The van der Waals surface area contributed by atoms with Crippen LogP contribution in [-0.4, -0.2) is 32.4 Å². The van der Waals surface area contributed by atoms with Crippen molar-refractivity contribution in [1.82, 2.24) is 9.62 Å². The molecule has 0 atom stereocenters. The number of benzene rings is 2. The molecular formula is C18H19F3N2O2S. The van der Waals surface area contributed by atoms with Crippen LogP contribution in [0.2, 0.25) is 0 Å². The number of hydrogen-bond acceptors (Lipinski definition) is 3. The third kappa shape index (κ3) is 4.44. The molecule has 1 heterocycles. The molecule has 0 saturated carbocycles. The molecule has 2 aromatic carbocycles. The minimum atomic E-state index is -4.14. The lowest BCUT2D eigenvalue weighted by atomic mass is 10.1. The second-order valence-electron chi connectivity index (χ2n) is 6.34. The molecule has 0 spiro atoms. The van der Waals surface area contributed by atoms with E-state index >= 15 is 0 Å². The standard InChI is InChI=1S/C18H19F3N2O2S/c19-14-5-6-17(21)18(11-14)26(24,25)22-15-7-9-23(10-8-15)12-13-3-1-2-4-16(13)20/h1-6,11,15,22H,7-10,12H2. The first-order valence-electron chi connectivity index (χ1n) is 8.28. The molecule has 140 valence electrons. The van der Waals surface area contributed by atoms with Crippen molar-refractivity contribution in [2.24, 2.45) is 0 Å². The highest BCUT2D eigenvalue weighted by Crippen LogP contribution is 2.20. The van der Waals surface area contributed by atoms with Crippen LogP contribution in [0.15, 0.2) is 47.4 Å². The molecule has 1 saturated heterocycles. The van der Waals surface area contributed by atoms with Crippen LogP contribution in [0.1, 0.15) is 18.4 Å². The lowest BCUT2D eigenvalue weighted by Gasteiger charge is -2.32. The summed E-state index contributed by atoms with van der Waals surface area (Å²) >= 11 is 0. The monoisotopic (exact) mass is 384 g/mol. The number of rotatable bonds is 5. The number of piperidine rings is 1. The number of nitrogens with one attached hydrogen (secondary N) is 1. The van der Waals surface area contributed by atoms with E-state index in [-0.39, 0.29) is 11.9 Å². The second kappa shape index (κ2) is 7.77. The maximum Gasteiger partial charge on any atom is 0.243 e. The number of likely N-dealkylation sites (tertiary alicyclic amines) is 1. The third-order valence-electron chi connectivity index (χ3n) is 4.44. The number of sulfonamides is 1. The highest BCUT2D eigenvalue weighted by atomic mass is 32.2. The van der Waals surface area contributed by atoms with Crippen molar-refractivity contribution in [1.29, 1.82) is 0 Å². The average Bonchev–Trinajstić information content (AvgIpc) is 2.60. The van der Waals surface area contributed by atoms with Crippen molar-refractivity contribution in [3.05, 3.63) is 65.5 Å². The SMILES string of the molecule is O=S(=O)(NC1CCN(Cc2ccccc2F)CC1)c1cc(F)ccc1F. The Labute approximate surface area is 150 Å². The Kier molecular flexibility index (Phi) is 5.64. The van der Waals surface area contributed by atoms with Gasteiger partial charge in [-0.15, -0.1) is 0 Å². The summed E-state index contributed by atoms with van der Waals surface area (Å²) in [7, 11) is -4.14. The Balaban J connectivity index is 1.60. The van der Waals surface area contributed by atoms with Crippen molar-refractivity contribution >= 4 is 10.0 Å². The Morgan fingerprint density at radius 2 is 1.69 bits per heavy atom. The summed E-state index contributed by atoms with van der Waals surface area (Å²) in [5.74, 6) is -2.07. The van der Waals surface area contributed by atoms with Gasteiger partial charge in [-0.25, -0.2) is 26.3 Å². The van der Waals surface area contributed by atoms with Gasteiger partial charge in [0.15, 0.2) is 0 Å². The van der Waals surface area contributed by atoms with Crippen LogP contribution >= 0.6 is 0 Å². The van der Waals surface area contributed by atoms with Crippen molar-refractivity contribution < 1.29 is 21.6 Å². The van der Waals surface area contributed by atoms with Crippen LogP contribution in [0.25, 0.3) is 0 Å². The van der Waals surface area contributed by atoms with E-state index in [1.807, 2.05) is 4.90 Å². The normalized spacial score (nSPS) is 16.7. The average molecular weight is 384 g/mol. The van der Waals surface area contributed by atoms with Gasteiger partial charge in [0, 0.05) is 31.2 Å². The lowest BCUT2D eigenvalue weighted by Crippen LogP contribution is -2.44. The molecule has 1 N–H and O–H groups in total. The van der Waals surface area contributed by atoms with Gasteiger partial charge >= 0.3 is 0 Å². The van der Waals surface area contributed by atoms with Gasteiger partial charge in [-0.2, -0.15) is 0 Å². The van der Waals surface area contributed by atoms with E-state index in [0.717, 1.165) is 12.1 Å². The van der Waals surface area contributed by atoms with Gasteiger partial charge in [-0.1, -0.05) is 18.2 Å². The number of hydrogen-bond donors (Lipinski definition) is 1. The summed E-state index contributed by atoms with van der Waals surface area (Å²) in [6.45, 7) is 1.60. The summed E-state index contributed by atoms with van der Waals surface area (Å²) in [4.78, 5) is 1.35. The number of nitrogens with zero attached hydrogens (tertiary/aromatic N) is 1. The zero-order valence-corrected chi connectivity index (χ0v) is 14.8. The minimum Gasteiger partial charge on any atom is -0.299 e. The van der Waals surface area contributed by atoms with Crippen LogP contribution in [0.3, 0.4) is 0 Å². The Morgan fingerprint density at radius 1 is 1.00 bits per heavy atom. The van der Waals surface area contributed by atoms with Crippen LogP contribution in [-0.2, 0) is 16.6 Å². The van der Waals surface area contributed by atoms with Crippen LogP contribution in [0.4, 0.5) is 13.2 Å². The van der Waals surface area contributed by atoms with E-state index in [4.69, 9.17) is 0 Å². The fourth-order valence-corrected chi connectivity index (χ4v) is 4.44.